The molecule has 0 saturated carbocycles. The molecule has 2 nitrogen and oxygen atoms in total. The first kappa shape index (κ1) is 15.4. The number of hydrogen-bond donors (Lipinski definition) is 2. The zero-order valence-corrected chi connectivity index (χ0v) is 12.6. The van der Waals surface area contributed by atoms with Crippen molar-refractivity contribution in [3.63, 3.8) is 0 Å². The summed E-state index contributed by atoms with van der Waals surface area (Å²) in [5.74, 6) is -0.234. The number of rotatable bonds is 6. The van der Waals surface area contributed by atoms with E-state index in [9.17, 15) is 9.50 Å². The summed E-state index contributed by atoms with van der Waals surface area (Å²) in [4.78, 5) is 0. The van der Waals surface area contributed by atoms with Crippen molar-refractivity contribution >= 4 is 5.69 Å². The molecule has 0 amide bonds. The van der Waals surface area contributed by atoms with Crippen LogP contribution in [0, 0.1) is 5.82 Å². The highest BCUT2D eigenvalue weighted by Gasteiger charge is 2.11. The van der Waals surface area contributed by atoms with Gasteiger partial charge in [0.2, 0.25) is 0 Å². The summed E-state index contributed by atoms with van der Waals surface area (Å²) in [6, 6.07) is 12.1. The van der Waals surface area contributed by atoms with E-state index in [1.165, 1.54) is 36.6 Å². The van der Waals surface area contributed by atoms with E-state index in [-0.39, 0.29) is 17.6 Å². The molecule has 2 aromatic rings. The molecular weight excluding hydrogens is 265 g/mol. The van der Waals surface area contributed by atoms with Crippen LogP contribution in [0.4, 0.5) is 10.1 Å². The fourth-order valence-corrected chi connectivity index (χ4v) is 2.35. The number of nitrogens with one attached hydrogen (secondary N) is 1. The van der Waals surface area contributed by atoms with Gasteiger partial charge in [-0.15, -0.1) is 0 Å². The van der Waals surface area contributed by atoms with Gasteiger partial charge in [-0.2, -0.15) is 0 Å². The molecule has 0 saturated heterocycles. The zero-order chi connectivity index (χ0) is 15.2. The van der Waals surface area contributed by atoms with Crippen LogP contribution >= 0.6 is 0 Å². The lowest BCUT2D eigenvalue weighted by Crippen LogP contribution is -2.07. The van der Waals surface area contributed by atoms with E-state index < -0.39 is 0 Å². The highest BCUT2D eigenvalue weighted by Crippen LogP contribution is 2.27. The Bertz CT molecular complexity index is 580. The minimum Gasteiger partial charge on any atom is -0.508 e. The van der Waals surface area contributed by atoms with Crippen LogP contribution in [-0.2, 0) is 6.42 Å². The van der Waals surface area contributed by atoms with Crippen LogP contribution in [0.3, 0.4) is 0 Å². The van der Waals surface area contributed by atoms with Crippen molar-refractivity contribution in [2.24, 2.45) is 0 Å². The Morgan fingerprint density at radius 3 is 2.52 bits per heavy atom. The first-order valence-electron chi connectivity index (χ1n) is 7.44. The molecule has 2 N–H and O–H groups in total. The molecule has 0 aliphatic rings. The largest absolute Gasteiger partial charge is 0.508 e. The molecule has 0 bridgehead atoms. The fourth-order valence-electron chi connectivity index (χ4n) is 2.35. The third kappa shape index (κ3) is 4.22. The maximum Gasteiger partial charge on any atom is 0.123 e. The monoisotopic (exact) mass is 287 g/mol. The number of phenols is 1. The van der Waals surface area contributed by atoms with Crippen LogP contribution in [0.25, 0.3) is 0 Å². The van der Waals surface area contributed by atoms with Crippen LogP contribution in [0.1, 0.15) is 43.9 Å². The van der Waals surface area contributed by atoms with E-state index in [0.29, 0.717) is 5.56 Å². The zero-order valence-electron chi connectivity index (χ0n) is 12.6. The molecule has 1 unspecified atom stereocenters. The molecule has 2 rings (SSSR count). The van der Waals surface area contributed by atoms with Crippen LogP contribution in [0.2, 0.25) is 0 Å². The van der Waals surface area contributed by atoms with Crippen molar-refractivity contribution in [2.45, 2.75) is 39.2 Å². The number of hydrogen-bond acceptors (Lipinski definition) is 2. The van der Waals surface area contributed by atoms with Gasteiger partial charge in [-0.3, -0.25) is 0 Å². The van der Waals surface area contributed by atoms with Gasteiger partial charge in [-0.05, 0) is 55.7 Å². The van der Waals surface area contributed by atoms with E-state index in [0.717, 1.165) is 12.1 Å². The van der Waals surface area contributed by atoms with Gasteiger partial charge < -0.3 is 10.4 Å². The van der Waals surface area contributed by atoms with Crippen molar-refractivity contribution in [3.05, 3.63) is 59.4 Å². The average Bonchev–Trinajstić information content (AvgIpc) is 2.49. The Morgan fingerprint density at radius 2 is 1.86 bits per heavy atom. The Balaban J connectivity index is 2.05. The number of aryl methyl sites for hydroxylation is 1. The normalized spacial score (nSPS) is 12.1. The Kier molecular flexibility index (Phi) is 5.20. The van der Waals surface area contributed by atoms with Crippen molar-refractivity contribution < 1.29 is 9.50 Å². The number of unbranched alkanes of at least 4 members (excludes halogenated alkanes) is 1. The summed E-state index contributed by atoms with van der Waals surface area (Å²) in [5, 5.41) is 13.1. The second-order valence-corrected chi connectivity index (χ2v) is 5.37. The van der Waals surface area contributed by atoms with Gasteiger partial charge >= 0.3 is 0 Å². The topological polar surface area (TPSA) is 32.3 Å². The lowest BCUT2D eigenvalue weighted by Gasteiger charge is -2.17. The van der Waals surface area contributed by atoms with Crippen LogP contribution in [-0.4, -0.2) is 5.11 Å². The summed E-state index contributed by atoms with van der Waals surface area (Å²) in [6.07, 6.45) is 3.48. The van der Waals surface area contributed by atoms with E-state index in [1.54, 1.807) is 0 Å². The molecule has 0 aliphatic carbocycles. The van der Waals surface area contributed by atoms with Crippen LogP contribution in [0.5, 0.6) is 5.75 Å². The molecule has 2 aromatic carbocycles. The quantitative estimate of drug-likeness (QED) is 0.779. The number of anilines is 1. The Morgan fingerprint density at radius 1 is 1.14 bits per heavy atom. The van der Waals surface area contributed by atoms with E-state index in [1.807, 2.05) is 19.1 Å². The molecular formula is C18H22FNO. The molecule has 0 heterocycles. The van der Waals surface area contributed by atoms with Gasteiger partial charge in [-0.1, -0.05) is 25.5 Å². The third-order valence-corrected chi connectivity index (χ3v) is 3.61. The average molecular weight is 287 g/mol. The molecule has 0 fully saturated rings. The first-order chi connectivity index (χ1) is 10.1. The summed E-state index contributed by atoms with van der Waals surface area (Å²) in [6.45, 7) is 4.09. The summed E-state index contributed by atoms with van der Waals surface area (Å²) in [5.41, 5.74) is 2.85. The van der Waals surface area contributed by atoms with Crippen molar-refractivity contribution in [1.82, 2.24) is 0 Å². The van der Waals surface area contributed by atoms with Gasteiger partial charge in [0.15, 0.2) is 0 Å². The predicted molar refractivity (Wildman–Crippen MR) is 85.2 cm³/mol. The summed E-state index contributed by atoms with van der Waals surface area (Å²) >= 11 is 0. The van der Waals surface area contributed by atoms with E-state index >= 15 is 0 Å². The van der Waals surface area contributed by atoms with Crippen LogP contribution < -0.4 is 5.32 Å². The lowest BCUT2D eigenvalue weighted by atomic mass is 10.1. The third-order valence-electron chi connectivity index (χ3n) is 3.61. The van der Waals surface area contributed by atoms with Gasteiger partial charge in [0.1, 0.15) is 11.6 Å². The molecule has 112 valence electrons. The molecule has 0 aliphatic heterocycles. The second-order valence-electron chi connectivity index (χ2n) is 5.37. The predicted octanol–water partition coefficient (Wildman–Crippen LogP) is 5.05. The van der Waals surface area contributed by atoms with Gasteiger partial charge in [0.25, 0.3) is 0 Å². The molecule has 3 heteroatoms. The number of halogens is 1. The standard InChI is InChI=1S/C18H22FNO/c1-3-4-5-14-6-9-16(10-7-14)20-13(2)17-12-15(19)8-11-18(17)21/h6-13,20-21H,3-5H2,1-2H3. The first-order valence-corrected chi connectivity index (χ1v) is 7.44. The Hall–Kier alpha value is -2.03. The minimum absolute atomic E-state index is 0.107. The van der Waals surface area contributed by atoms with Crippen molar-refractivity contribution in [3.8, 4) is 5.75 Å². The van der Waals surface area contributed by atoms with Gasteiger partial charge in [0.05, 0.1) is 6.04 Å². The summed E-state index contributed by atoms with van der Waals surface area (Å²) in [7, 11) is 0. The number of phenolic OH excluding ortho intramolecular Hbond substituents is 1. The Labute approximate surface area is 125 Å². The van der Waals surface area contributed by atoms with Crippen molar-refractivity contribution in [2.75, 3.05) is 5.32 Å². The highest BCUT2D eigenvalue weighted by molar-refractivity contribution is 5.48. The van der Waals surface area contributed by atoms with E-state index in [2.05, 4.69) is 24.4 Å². The molecule has 0 spiro atoms. The highest BCUT2D eigenvalue weighted by atomic mass is 19.1. The maximum absolute atomic E-state index is 13.3. The number of aromatic hydroxyl groups is 1. The minimum atomic E-state index is -0.341. The van der Waals surface area contributed by atoms with Gasteiger partial charge in [-0.25, -0.2) is 4.39 Å². The lowest BCUT2D eigenvalue weighted by molar-refractivity contribution is 0.462. The van der Waals surface area contributed by atoms with Crippen LogP contribution in [0.15, 0.2) is 42.5 Å². The molecule has 0 aromatic heterocycles. The fraction of sp³-hybridized carbons (Fsp3) is 0.333. The molecule has 1 atom stereocenters. The molecule has 0 radical (unpaired) electrons. The summed E-state index contributed by atoms with van der Waals surface area (Å²) < 4.78 is 13.3. The molecule has 21 heavy (non-hydrogen) atoms. The van der Waals surface area contributed by atoms with Crippen molar-refractivity contribution in [1.29, 1.82) is 0 Å². The second kappa shape index (κ2) is 7.11. The smallest absolute Gasteiger partial charge is 0.123 e. The van der Waals surface area contributed by atoms with E-state index in [4.69, 9.17) is 0 Å². The number of benzene rings is 2. The SMILES string of the molecule is CCCCc1ccc(NC(C)c2cc(F)ccc2O)cc1. The maximum atomic E-state index is 13.3. The van der Waals surface area contributed by atoms with Gasteiger partial charge in [0, 0.05) is 11.3 Å².